The van der Waals surface area contributed by atoms with E-state index in [0.29, 0.717) is 43.4 Å². The van der Waals surface area contributed by atoms with Crippen LogP contribution < -0.4 is 9.64 Å². The first-order valence-electron chi connectivity index (χ1n) is 11.3. The van der Waals surface area contributed by atoms with Gasteiger partial charge in [-0.3, -0.25) is 4.79 Å². The zero-order chi connectivity index (χ0) is 24.2. The van der Waals surface area contributed by atoms with Gasteiger partial charge in [0.05, 0.1) is 7.11 Å². The molecular formula is C25H24FN7O2. The van der Waals surface area contributed by atoms with E-state index >= 15 is 0 Å². The summed E-state index contributed by atoms with van der Waals surface area (Å²) in [6, 6.07) is 17.2. The summed E-state index contributed by atoms with van der Waals surface area (Å²) < 4.78 is 20.3. The van der Waals surface area contributed by atoms with Gasteiger partial charge >= 0.3 is 0 Å². The molecule has 1 aliphatic rings. The molecule has 1 fully saturated rings. The second-order valence-electron chi connectivity index (χ2n) is 8.10. The van der Waals surface area contributed by atoms with Gasteiger partial charge in [0.1, 0.15) is 18.1 Å². The van der Waals surface area contributed by atoms with Crippen molar-refractivity contribution in [1.29, 1.82) is 0 Å². The number of amides is 1. The molecule has 0 saturated carbocycles. The first-order chi connectivity index (χ1) is 17.1. The smallest absolute Gasteiger partial charge is 0.244 e. The summed E-state index contributed by atoms with van der Waals surface area (Å²) in [6.45, 7) is 2.51. The highest BCUT2D eigenvalue weighted by molar-refractivity contribution is 5.77. The Kier molecular flexibility index (Phi) is 6.34. The predicted octanol–water partition coefficient (Wildman–Crippen LogP) is 2.90. The van der Waals surface area contributed by atoms with Crippen molar-refractivity contribution >= 4 is 11.7 Å². The Morgan fingerprint density at radius 2 is 1.69 bits per heavy atom. The Morgan fingerprint density at radius 3 is 2.34 bits per heavy atom. The molecular weight excluding hydrogens is 449 g/mol. The number of hydrogen-bond donors (Lipinski definition) is 0. The minimum atomic E-state index is -0.341. The number of ether oxygens (including phenoxy) is 1. The molecule has 1 aliphatic heterocycles. The predicted molar refractivity (Wildman–Crippen MR) is 128 cm³/mol. The molecule has 35 heavy (non-hydrogen) atoms. The summed E-state index contributed by atoms with van der Waals surface area (Å²) in [5, 5.41) is 12.7. The first-order valence-corrected chi connectivity index (χ1v) is 11.3. The summed E-state index contributed by atoms with van der Waals surface area (Å²) in [4.78, 5) is 21.8. The Bertz CT molecular complexity index is 1290. The number of piperazine rings is 1. The monoisotopic (exact) mass is 473 g/mol. The van der Waals surface area contributed by atoms with Crippen LogP contribution in [-0.4, -0.2) is 69.1 Å². The molecule has 3 heterocycles. The zero-order valence-corrected chi connectivity index (χ0v) is 19.2. The summed E-state index contributed by atoms with van der Waals surface area (Å²) in [7, 11) is 1.60. The van der Waals surface area contributed by atoms with Crippen molar-refractivity contribution in [3.8, 4) is 28.5 Å². The average molecular weight is 474 g/mol. The van der Waals surface area contributed by atoms with Gasteiger partial charge in [-0.15, -0.1) is 10.2 Å². The molecule has 4 aromatic rings. The molecule has 1 saturated heterocycles. The van der Waals surface area contributed by atoms with Gasteiger partial charge in [0.2, 0.25) is 5.91 Å². The largest absolute Gasteiger partial charge is 0.497 e. The van der Waals surface area contributed by atoms with Gasteiger partial charge in [-0.25, -0.2) is 14.1 Å². The average Bonchev–Trinajstić information content (AvgIpc) is 3.33. The van der Waals surface area contributed by atoms with Crippen molar-refractivity contribution in [1.82, 2.24) is 29.9 Å². The summed E-state index contributed by atoms with van der Waals surface area (Å²) in [5.74, 6) is 2.11. The first kappa shape index (κ1) is 22.5. The molecule has 0 spiro atoms. The van der Waals surface area contributed by atoms with E-state index in [4.69, 9.17) is 4.74 Å². The Morgan fingerprint density at radius 1 is 0.971 bits per heavy atom. The van der Waals surface area contributed by atoms with Gasteiger partial charge in [-0.05, 0) is 60.7 Å². The van der Waals surface area contributed by atoms with Crippen LogP contribution in [0.4, 0.5) is 10.2 Å². The third-order valence-electron chi connectivity index (χ3n) is 5.92. The number of hydrogen-bond acceptors (Lipinski definition) is 7. The van der Waals surface area contributed by atoms with E-state index in [1.807, 2.05) is 41.3 Å². The molecule has 2 aromatic carbocycles. The van der Waals surface area contributed by atoms with Gasteiger partial charge in [-0.1, -0.05) is 0 Å². The van der Waals surface area contributed by atoms with Crippen molar-refractivity contribution in [3.05, 3.63) is 72.7 Å². The van der Waals surface area contributed by atoms with E-state index < -0.39 is 0 Å². The van der Waals surface area contributed by atoms with E-state index in [0.717, 1.165) is 17.1 Å². The van der Waals surface area contributed by atoms with Crippen LogP contribution in [-0.2, 0) is 11.3 Å². The molecule has 9 nitrogen and oxygen atoms in total. The number of carbonyl (C=O) groups is 1. The van der Waals surface area contributed by atoms with Crippen molar-refractivity contribution in [3.63, 3.8) is 0 Å². The lowest BCUT2D eigenvalue weighted by atomic mass is 10.2. The molecule has 1 amide bonds. The molecule has 0 bridgehead atoms. The van der Waals surface area contributed by atoms with Crippen LogP contribution in [0.15, 0.2) is 66.9 Å². The zero-order valence-electron chi connectivity index (χ0n) is 19.2. The lowest BCUT2D eigenvalue weighted by Gasteiger charge is -2.35. The SMILES string of the molecule is COc1ccc(-c2nc(-c3ccc(F)cc3)n(CC(=O)N3CCN(c4cccnn4)CC3)n2)cc1. The summed E-state index contributed by atoms with van der Waals surface area (Å²) in [5.41, 5.74) is 1.47. The number of methoxy groups -OCH3 is 1. The second kappa shape index (κ2) is 9.88. The van der Waals surface area contributed by atoms with Crippen LogP contribution >= 0.6 is 0 Å². The number of anilines is 1. The molecule has 10 heteroatoms. The fourth-order valence-electron chi connectivity index (χ4n) is 4.00. The number of nitrogens with zero attached hydrogens (tertiary/aromatic N) is 7. The maximum Gasteiger partial charge on any atom is 0.244 e. The number of halogens is 1. The van der Waals surface area contributed by atoms with Crippen molar-refractivity contribution in [2.75, 3.05) is 38.2 Å². The molecule has 0 radical (unpaired) electrons. The maximum atomic E-state index is 13.5. The van der Waals surface area contributed by atoms with Crippen LogP contribution in [0.3, 0.4) is 0 Å². The van der Waals surface area contributed by atoms with Crippen LogP contribution in [0.2, 0.25) is 0 Å². The highest BCUT2D eigenvalue weighted by Crippen LogP contribution is 2.25. The highest BCUT2D eigenvalue weighted by atomic mass is 19.1. The topological polar surface area (TPSA) is 89.3 Å². The Hall–Kier alpha value is -4.34. The fraction of sp³-hybridized carbons (Fsp3) is 0.240. The van der Waals surface area contributed by atoms with Crippen LogP contribution in [0.1, 0.15) is 0 Å². The molecule has 2 aromatic heterocycles. The van der Waals surface area contributed by atoms with Crippen LogP contribution in [0.25, 0.3) is 22.8 Å². The number of aromatic nitrogens is 5. The molecule has 0 N–H and O–H groups in total. The molecule has 0 unspecified atom stereocenters. The number of benzene rings is 2. The van der Waals surface area contributed by atoms with E-state index in [1.54, 1.807) is 30.1 Å². The quantitative estimate of drug-likeness (QED) is 0.425. The van der Waals surface area contributed by atoms with Crippen molar-refractivity contribution < 1.29 is 13.9 Å². The third-order valence-corrected chi connectivity index (χ3v) is 5.92. The van der Waals surface area contributed by atoms with E-state index in [9.17, 15) is 9.18 Å². The van der Waals surface area contributed by atoms with E-state index in [-0.39, 0.29) is 18.3 Å². The fourth-order valence-corrected chi connectivity index (χ4v) is 4.00. The maximum absolute atomic E-state index is 13.5. The molecule has 5 rings (SSSR count). The van der Waals surface area contributed by atoms with Crippen molar-refractivity contribution in [2.24, 2.45) is 0 Å². The van der Waals surface area contributed by atoms with Gasteiger partial charge in [0, 0.05) is 43.5 Å². The molecule has 0 atom stereocenters. The van der Waals surface area contributed by atoms with Crippen molar-refractivity contribution in [2.45, 2.75) is 6.54 Å². The lowest BCUT2D eigenvalue weighted by Crippen LogP contribution is -2.50. The summed E-state index contributed by atoms with van der Waals surface area (Å²) >= 11 is 0. The van der Waals surface area contributed by atoms with E-state index in [1.165, 1.54) is 12.1 Å². The second-order valence-corrected chi connectivity index (χ2v) is 8.10. The van der Waals surface area contributed by atoms with Gasteiger partial charge in [0.15, 0.2) is 17.5 Å². The minimum Gasteiger partial charge on any atom is -0.497 e. The lowest BCUT2D eigenvalue weighted by molar-refractivity contribution is -0.132. The Balaban J connectivity index is 1.36. The summed E-state index contributed by atoms with van der Waals surface area (Å²) in [6.07, 6.45) is 1.64. The van der Waals surface area contributed by atoms with Gasteiger partial charge < -0.3 is 14.5 Å². The van der Waals surface area contributed by atoms with Gasteiger partial charge in [0.25, 0.3) is 0 Å². The standard InChI is InChI=1S/C25H24FN7O2/c1-35-21-10-6-18(7-11-21)24-28-25(19-4-8-20(26)9-5-19)33(30-24)17-23(34)32-15-13-31(14-16-32)22-3-2-12-27-29-22/h2-12H,13-17H2,1H3. The Labute approximate surface area is 201 Å². The van der Waals surface area contributed by atoms with Gasteiger partial charge in [-0.2, -0.15) is 5.10 Å². The van der Waals surface area contributed by atoms with E-state index in [2.05, 4.69) is 25.2 Å². The normalized spacial score (nSPS) is 13.7. The number of carbonyl (C=O) groups excluding carboxylic acids is 1. The number of rotatable bonds is 6. The minimum absolute atomic E-state index is 0.0288. The van der Waals surface area contributed by atoms with Crippen LogP contribution in [0, 0.1) is 5.82 Å². The molecule has 0 aliphatic carbocycles. The third kappa shape index (κ3) is 4.96. The highest BCUT2D eigenvalue weighted by Gasteiger charge is 2.24. The molecule has 178 valence electrons. The van der Waals surface area contributed by atoms with Crippen LogP contribution in [0.5, 0.6) is 5.75 Å².